The van der Waals surface area contributed by atoms with Crippen molar-refractivity contribution in [1.82, 2.24) is 10.3 Å². The Morgan fingerprint density at radius 1 is 1.06 bits per heavy atom. The molecule has 0 fully saturated rings. The molecular formula is C15H17ClN2. The molecule has 2 nitrogen and oxygen atoms in total. The second-order valence-electron chi connectivity index (χ2n) is 4.36. The van der Waals surface area contributed by atoms with Gasteiger partial charge in [-0.2, -0.15) is 0 Å². The maximum Gasteiger partial charge on any atom is 0.0406 e. The van der Waals surface area contributed by atoms with Gasteiger partial charge in [0.2, 0.25) is 0 Å². The van der Waals surface area contributed by atoms with Gasteiger partial charge in [0.25, 0.3) is 0 Å². The Hall–Kier alpha value is -1.38. The van der Waals surface area contributed by atoms with Crippen LogP contribution in [0.4, 0.5) is 0 Å². The second-order valence-corrected chi connectivity index (χ2v) is 4.80. The second kappa shape index (κ2) is 6.53. The number of hydrogen-bond donors (Lipinski definition) is 1. The molecule has 2 aromatic rings. The molecular weight excluding hydrogens is 244 g/mol. The number of nitrogens with one attached hydrogen (secondary N) is 1. The monoisotopic (exact) mass is 260 g/mol. The third kappa shape index (κ3) is 4.13. The molecule has 2 rings (SSSR count). The van der Waals surface area contributed by atoms with Crippen molar-refractivity contribution in [2.24, 2.45) is 0 Å². The molecule has 0 unspecified atom stereocenters. The largest absolute Gasteiger partial charge is 0.312 e. The smallest absolute Gasteiger partial charge is 0.0406 e. The van der Waals surface area contributed by atoms with Gasteiger partial charge in [0.1, 0.15) is 0 Å². The van der Waals surface area contributed by atoms with Gasteiger partial charge >= 0.3 is 0 Å². The van der Waals surface area contributed by atoms with Gasteiger partial charge in [0.05, 0.1) is 0 Å². The minimum atomic E-state index is 0.789. The van der Waals surface area contributed by atoms with E-state index in [0.29, 0.717) is 0 Å². The molecule has 1 N–H and O–H groups in total. The van der Waals surface area contributed by atoms with Crippen molar-refractivity contribution in [3.05, 3.63) is 64.4 Å². The summed E-state index contributed by atoms with van der Waals surface area (Å²) in [5, 5.41) is 4.20. The number of nitrogens with zero attached hydrogens (tertiary/aromatic N) is 1. The van der Waals surface area contributed by atoms with Crippen LogP contribution in [0.2, 0.25) is 5.02 Å². The molecule has 0 aliphatic carbocycles. The van der Waals surface area contributed by atoms with E-state index >= 15 is 0 Å². The van der Waals surface area contributed by atoms with Crippen molar-refractivity contribution in [3.8, 4) is 0 Å². The molecule has 0 spiro atoms. The zero-order valence-corrected chi connectivity index (χ0v) is 11.2. The van der Waals surface area contributed by atoms with E-state index in [1.54, 1.807) is 0 Å². The number of pyridine rings is 1. The fourth-order valence-electron chi connectivity index (χ4n) is 1.72. The highest BCUT2D eigenvalue weighted by molar-refractivity contribution is 6.30. The molecule has 0 saturated heterocycles. The van der Waals surface area contributed by atoms with Crippen LogP contribution in [-0.2, 0) is 13.0 Å². The first-order chi connectivity index (χ1) is 8.74. The lowest BCUT2D eigenvalue weighted by molar-refractivity contribution is 0.685. The summed E-state index contributed by atoms with van der Waals surface area (Å²) in [7, 11) is 0. The highest BCUT2D eigenvalue weighted by Gasteiger charge is 1.95. The summed E-state index contributed by atoms with van der Waals surface area (Å²) in [6, 6.07) is 12.1. The molecule has 0 atom stereocenters. The third-order valence-electron chi connectivity index (χ3n) is 2.81. The van der Waals surface area contributed by atoms with Gasteiger partial charge in [-0.15, -0.1) is 0 Å². The summed E-state index contributed by atoms with van der Waals surface area (Å²) < 4.78 is 0. The van der Waals surface area contributed by atoms with E-state index < -0.39 is 0 Å². The quantitative estimate of drug-likeness (QED) is 0.834. The Morgan fingerprint density at radius 2 is 1.78 bits per heavy atom. The molecule has 0 amide bonds. The Morgan fingerprint density at radius 3 is 2.44 bits per heavy atom. The summed E-state index contributed by atoms with van der Waals surface area (Å²) in [6.45, 7) is 3.81. The maximum absolute atomic E-state index is 5.84. The zero-order chi connectivity index (χ0) is 12.8. The van der Waals surface area contributed by atoms with E-state index in [9.17, 15) is 0 Å². The van der Waals surface area contributed by atoms with Gasteiger partial charge in [-0.1, -0.05) is 29.8 Å². The van der Waals surface area contributed by atoms with Gasteiger partial charge in [0, 0.05) is 23.5 Å². The highest BCUT2D eigenvalue weighted by Crippen LogP contribution is 2.09. The van der Waals surface area contributed by atoms with Crippen molar-refractivity contribution >= 4 is 11.6 Å². The molecule has 0 aliphatic rings. The number of aryl methyl sites for hydroxylation is 1. The average molecular weight is 261 g/mol. The lowest BCUT2D eigenvalue weighted by Crippen LogP contribution is -2.16. The minimum Gasteiger partial charge on any atom is -0.312 e. The normalized spacial score (nSPS) is 10.6. The van der Waals surface area contributed by atoms with Gasteiger partial charge in [-0.05, 0) is 49.2 Å². The summed E-state index contributed by atoms with van der Waals surface area (Å²) in [6.07, 6.45) is 2.93. The number of rotatable bonds is 5. The van der Waals surface area contributed by atoms with Crippen LogP contribution in [0.1, 0.15) is 16.8 Å². The zero-order valence-electron chi connectivity index (χ0n) is 10.5. The SMILES string of the molecule is Cc1ccc(CNCCc2ccc(Cl)cc2)cn1. The van der Waals surface area contributed by atoms with Crippen LogP contribution in [-0.4, -0.2) is 11.5 Å². The van der Waals surface area contributed by atoms with E-state index in [-0.39, 0.29) is 0 Å². The molecule has 1 aromatic carbocycles. The average Bonchev–Trinajstić information content (AvgIpc) is 2.39. The van der Waals surface area contributed by atoms with Crippen molar-refractivity contribution < 1.29 is 0 Å². The predicted molar refractivity (Wildman–Crippen MR) is 75.8 cm³/mol. The molecule has 1 aromatic heterocycles. The first kappa shape index (κ1) is 13.1. The fraction of sp³-hybridized carbons (Fsp3) is 0.267. The van der Waals surface area contributed by atoms with E-state index in [4.69, 9.17) is 11.6 Å². The van der Waals surface area contributed by atoms with E-state index in [1.165, 1.54) is 11.1 Å². The summed E-state index contributed by atoms with van der Waals surface area (Å²) in [4.78, 5) is 4.27. The van der Waals surface area contributed by atoms with Crippen molar-refractivity contribution in [1.29, 1.82) is 0 Å². The number of benzene rings is 1. The molecule has 3 heteroatoms. The number of hydrogen-bond acceptors (Lipinski definition) is 2. The highest BCUT2D eigenvalue weighted by atomic mass is 35.5. The fourth-order valence-corrected chi connectivity index (χ4v) is 1.85. The van der Waals surface area contributed by atoms with Crippen LogP contribution >= 0.6 is 11.6 Å². The van der Waals surface area contributed by atoms with Crippen LogP contribution in [0.15, 0.2) is 42.6 Å². The Kier molecular flexibility index (Phi) is 4.73. The van der Waals surface area contributed by atoms with Crippen LogP contribution in [0, 0.1) is 6.92 Å². The first-order valence-electron chi connectivity index (χ1n) is 6.11. The topological polar surface area (TPSA) is 24.9 Å². The predicted octanol–water partition coefficient (Wildman–Crippen LogP) is 3.38. The number of aromatic nitrogens is 1. The summed E-state index contributed by atoms with van der Waals surface area (Å²) >= 11 is 5.84. The third-order valence-corrected chi connectivity index (χ3v) is 3.06. The van der Waals surface area contributed by atoms with Gasteiger partial charge in [-0.25, -0.2) is 0 Å². The van der Waals surface area contributed by atoms with Crippen molar-refractivity contribution in [2.75, 3.05) is 6.54 Å². The minimum absolute atomic E-state index is 0.789. The Labute approximate surface area is 113 Å². The lowest BCUT2D eigenvalue weighted by atomic mass is 10.1. The molecule has 0 saturated carbocycles. The van der Waals surface area contributed by atoms with E-state index in [2.05, 4.69) is 28.5 Å². The van der Waals surface area contributed by atoms with Crippen molar-refractivity contribution in [2.45, 2.75) is 19.9 Å². The van der Waals surface area contributed by atoms with E-state index in [0.717, 1.165) is 30.2 Å². The Balaban J connectivity index is 1.73. The molecule has 0 aliphatic heterocycles. The molecule has 1 heterocycles. The summed E-state index contributed by atoms with van der Waals surface area (Å²) in [5.74, 6) is 0. The van der Waals surface area contributed by atoms with Gasteiger partial charge in [-0.3, -0.25) is 4.98 Å². The lowest BCUT2D eigenvalue weighted by Gasteiger charge is -2.05. The van der Waals surface area contributed by atoms with E-state index in [1.807, 2.05) is 31.3 Å². The number of halogens is 1. The molecule has 94 valence electrons. The molecule has 0 radical (unpaired) electrons. The van der Waals surface area contributed by atoms with Gasteiger partial charge in [0.15, 0.2) is 0 Å². The van der Waals surface area contributed by atoms with Crippen LogP contribution in [0.25, 0.3) is 0 Å². The molecule has 18 heavy (non-hydrogen) atoms. The van der Waals surface area contributed by atoms with Crippen LogP contribution < -0.4 is 5.32 Å². The van der Waals surface area contributed by atoms with Crippen LogP contribution in [0.3, 0.4) is 0 Å². The Bertz CT molecular complexity index is 429. The summed E-state index contributed by atoms with van der Waals surface area (Å²) in [5.41, 5.74) is 3.57. The molecule has 0 bridgehead atoms. The first-order valence-corrected chi connectivity index (χ1v) is 6.48. The van der Waals surface area contributed by atoms with Crippen molar-refractivity contribution in [3.63, 3.8) is 0 Å². The maximum atomic E-state index is 5.84. The standard InChI is InChI=1S/C15H17ClN2/c1-12-2-3-14(11-18-12)10-17-9-8-13-4-6-15(16)7-5-13/h2-7,11,17H,8-10H2,1H3. The van der Waals surface area contributed by atoms with Crippen LogP contribution in [0.5, 0.6) is 0 Å². The van der Waals surface area contributed by atoms with Gasteiger partial charge < -0.3 is 5.32 Å².